The molecule has 12 nitrogen and oxygen atoms in total. The standard InChI is InChI=1S/C42H24B2N8O4/c1-13-45-49(17-1)25-5-9-33-29(21-25)43-30-22-26(50-18-2-14-46-50)6-10-34(30)54-40-37(43)39(53-33)41-38-42(40)56-36-12-8-28(52-20-4-16-48-52)24-32(36)44(38)31-23-27(7-11-35(31)55-41)51-19-3-15-47-51/h1-24H. The molecule has 0 unspecified atom stereocenters. The lowest BCUT2D eigenvalue weighted by Gasteiger charge is -2.40. The van der Waals surface area contributed by atoms with E-state index in [0.717, 1.165) is 78.5 Å². The molecule has 0 bridgehead atoms. The van der Waals surface area contributed by atoms with Gasteiger partial charge in [-0.2, -0.15) is 20.4 Å². The molecule has 5 aromatic carbocycles. The molecule has 0 saturated heterocycles. The van der Waals surface area contributed by atoms with Gasteiger partial charge < -0.3 is 18.9 Å². The van der Waals surface area contributed by atoms with Gasteiger partial charge in [-0.25, -0.2) is 18.7 Å². The molecule has 0 saturated carbocycles. The van der Waals surface area contributed by atoms with Crippen molar-refractivity contribution in [3.8, 4) is 68.7 Å². The number of ether oxygens (including phenoxy) is 4. The molecule has 0 amide bonds. The molecule has 0 N–H and O–H groups in total. The summed E-state index contributed by atoms with van der Waals surface area (Å²) in [6, 6.07) is 32.4. The van der Waals surface area contributed by atoms with Crippen LogP contribution in [0, 0.1) is 0 Å². The van der Waals surface area contributed by atoms with Gasteiger partial charge in [0.2, 0.25) is 0 Å². The monoisotopic (exact) mass is 726 g/mol. The fourth-order valence-corrected chi connectivity index (χ4v) is 8.70. The Labute approximate surface area is 318 Å². The van der Waals surface area contributed by atoms with Crippen LogP contribution in [0.1, 0.15) is 0 Å². The topological polar surface area (TPSA) is 108 Å². The number of aromatic nitrogens is 8. The summed E-state index contributed by atoms with van der Waals surface area (Å²) in [5.74, 6) is 5.26. The summed E-state index contributed by atoms with van der Waals surface area (Å²) in [6.07, 6.45) is 14.8. The van der Waals surface area contributed by atoms with Crippen molar-refractivity contribution in [1.29, 1.82) is 0 Å². The van der Waals surface area contributed by atoms with Gasteiger partial charge in [0.15, 0.2) is 23.0 Å². The van der Waals surface area contributed by atoms with E-state index in [9.17, 15) is 0 Å². The number of benzene rings is 5. The van der Waals surface area contributed by atoms with Gasteiger partial charge in [-0.15, -0.1) is 0 Å². The third kappa shape index (κ3) is 4.09. The maximum absolute atomic E-state index is 7.02. The first-order chi connectivity index (χ1) is 27.7. The smallest absolute Gasteiger partial charge is 0.261 e. The molecule has 0 radical (unpaired) electrons. The Hall–Kier alpha value is -7.73. The minimum Gasteiger partial charge on any atom is -0.454 e. The molecular formula is C42H24B2N8O4. The lowest BCUT2D eigenvalue weighted by atomic mass is 9.32. The molecule has 13 rings (SSSR count). The average molecular weight is 726 g/mol. The van der Waals surface area contributed by atoms with Crippen LogP contribution < -0.4 is 51.7 Å². The summed E-state index contributed by atoms with van der Waals surface area (Å²) in [4.78, 5) is 0. The molecule has 0 fully saturated rings. The quantitative estimate of drug-likeness (QED) is 0.252. The highest BCUT2D eigenvalue weighted by Crippen LogP contribution is 2.49. The van der Waals surface area contributed by atoms with Crippen molar-refractivity contribution < 1.29 is 18.9 Å². The first-order valence-electron chi connectivity index (χ1n) is 18.2. The lowest BCUT2D eigenvalue weighted by molar-refractivity contribution is 0.396. The van der Waals surface area contributed by atoms with Gasteiger partial charge >= 0.3 is 0 Å². The first-order valence-corrected chi connectivity index (χ1v) is 18.2. The minimum absolute atomic E-state index is 0.307. The van der Waals surface area contributed by atoms with E-state index in [1.807, 2.05) is 116 Å². The normalized spacial score (nSPS) is 13.5. The van der Waals surface area contributed by atoms with Gasteiger partial charge in [0, 0.05) is 60.5 Å². The van der Waals surface area contributed by atoms with Crippen molar-refractivity contribution in [2.45, 2.75) is 0 Å². The summed E-state index contributed by atoms with van der Waals surface area (Å²) in [7, 11) is 0. The van der Waals surface area contributed by atoms with Crippen LogP contribution in [0.25, 0.3) is 22.7 Å². The van der Waals surface area contributed by atoms with Crippen molar-refractivity contribution in [3.63, 3.8) is 0 Å². The van der Waals surface area contributed by atoms with Crippen LogP contribution >= 0.6 is 0 Å². The van der Waals surface area contributed by atoms with Crippen LogP contribution in [0.5, 0.6) is 46.0 Å². The number of hydrogen-bond acceptors (Lipinski definition) is 8. The molecule has 8 heterocycles. The van der Waals surface area contributed by atoms with E-state index >= 15 is 0 Å². The Morgan fingerprint density at radius 3 is 0.857 bits per heavy atom. The van der Waals surface area contributed by atoms with E-state index in [1.165, 1.54) is 0 Å². The van der Waals surface area contributed by atoms with Crippen LogP contribution in [0.3, 0.4) is 0 Å². The highest BCUT2D eigenvalue weighted by Gasteiger charge is 2.50. The highest BCUT2D eigenvalue weighted by atomic mass is 16.5. The van der Waals surface area contributed by atoms with Crippen LogP contribution in [-0.4, -0.2) is 52.5 Å². The van der Waals surface area contributed by atoms with Gasteiger partial charge in [-0.3, -0.25) is 0 Å². The Balaban J connectivity index is 1.09. The second kappa shape index (κ2) is 10.9. The Morgan fingerprint density at radius 2 is 0.625 bits per heavy atom. The lowest BCUT2D eigenvalue weighted by Crippen LogP contribution is -2.61. The molecule has 56 heavy (non-hydrogen) atoms. The molecule has 4 aromatic heterocycles. The number of hydrogen-bond donors (Lipinski definition) is 0. The molecule has 9 aromatic rings. The highest BCUT2D eigenvalue weighted by molar-refractivity contribution is 7.00. The fourth-order valence-electron chi connectivity index (χ4n) is 8.70. The molecule has 0 spiro atoms. The molecule has 262 valence electrons. The first kappa shape index (κ1) is 29.7. The maximum atomic E-state index is 7.02. The maximum Gasteiger partial charge on any atom is 0.261 e. The minimum atomic E-state index is -0.307. The van der Waals surface area contributed by atoms with Crippen molar-refractivity contribution in [1.82, 2.24) is 39.1 Å². The van der Waals surface area contributed by atoms with E-state index in [2.05, 4.69) is 44.7 Å². The summed E-state index contributed by atoms with van der Waals surface area (Å²) in [5, 5.41) is 18.1. The third-order valence-corrected chi connectivity index (χ3v) is 11.1. The third-order valence-electron chi connectivity index (χ3n) is 11.1. The van der Waals surface area contributed by atoms with E-state index < -0.39 is 0 Å². The Bertz CT molecular complexity index is 2650. The van der Waals surface area contributed by atoms with Gasteiger partial charge in [-0.05, 0) is 119 Å². The van der Waals surface area contributed by atoms with Crippen molar-refractivity contribution >= 4 is 46.2 Å². The van der Waals surface area contributed by atoms with Gasteiger partial charge in [0.1, 0.15) is 23.0 Å². The number of nitrogens with zero attached hydrogens (tertiary/aromatic N) is 8. The average Bonchev–Trinajstić information content (AvgIpc) is 4.10. The van der Waals surface area contributed by atoms with E-state index in [4.69, 9.17) is 18.9 Å². The number of rotatable bonds is 4. The van der Waals surface area contributed by atoms with E-state index in [-0.39, 0.29) is 13.4 Å². The zero-order valence-electron chi connectivity index (χ0n) is 29.2. The predicted octanol–water partition coefficient (Wildman–Crippen LogP) is 3.88. The van der Waals surface area contributed by atoms with Crippen molar-refractivity contribution in [2.24, 2.45) is 0 Å². The largest absolute Gasteiger partial charge is 0.454 e. The molecule has 0 aliphatic carbocycles. The van der Waals surface area contributed by atoms with Crippen molar-refractivity contribution in [3.05, 3.63) is 147 Å². The molecular weight excluding hydrogens is 702 g/mol. The van der Waals surface area contributed by atoms with Crippen molar-refractivity contribution in [2.75, 3.05) is 0 Å². The SMILES string of the molecule is c1cnn(-c2ccc3c(c2)B2c4cc(-n5cccn5)ccc4Oc4c5c6c(c(c42)O3)Oc2ccc(-n3cccn3)cc2B6c2cc(-n3cccn3)ccc2O5)c1. The molecule has 4 aliphatic heterocycles. The van der Waals surface area contributed by atoms with Gasteiger partial charge in [-0.1, -0.05) is 0 Å². The zero-order chi connectivity index (χ0) is 36.5. The number of fused-ring (bicyclic) bond motifs is 10. The summed E-state index contributed by atoms with van der Waals surface area (Å²) in [6.45, 7) is -0.615. The zero-order valence-corrected chi connectivity index (χ0v) is 29.2. The summed E-state index contributed by atoms with van der Waals surface area (Å²) < 4.78 is 35.5. The molecule has 0 atom stereocenters. The summed E-state index contributed by atoms with van der Waals surface area (Å²) >= 11 is 0. The van der Waals surface area contributed by atoms with Crippen LogP contribution in [0.2, 0.25) is 0 Å². The van der Waals surface area contributed by atoms with Crippen LogP contribution in [0.4, 0.5) is 0 Å². The second-order valence-electron chi connectivity index (χ2n) is 14.1. The van der Waals surface area contributed by atoms with E-state index in [0.29, 0.717) is 23.0 Å². The second-order valence-corrected chi connectivity index (χ2v) is 14.1. The summed E-state index contributed by atoms with van der Waals surface area (Å²) in [5.41, 5.74) is 9.19. The Kier molecular flexibility index (Phi) is 5.79. The van der Waals surface area contributed by atoms with Gasteiger partial charge in [0.05, 0.1) is 22.7 Å². The van der Waals surface area contributed by atoms with Crippen LogP contribution in [-0.2, 0) is 0 Å². The fraction of sp³-hybridized carbons (Fsp3) is 0. The molecule has 14 heteroatoms. The van der Waals surface area contributed by atoms with Gasteiger partial charge in [0.25, 0.3) is 13.4 Å². The molecule has 4 aliphatic rings. The Morgan fingerprint density at radius 1 is 0.357 bits per heavy atom. The predicted molar refractivity (Wildman–Crippen MR) is 210 cm³/mol. The van der Waals surface area contributed by atoms with Crippen LogP contribution in [0.15, 0.2) is 147 Å². The van der Waals surface area contributed by atoms with E-state index in [1.54, 1.807) is 24.8 Å².